The van der Waals surface area contributed by atoms with E-state index in [1.807, 2.05) is 6.92 Å². The number of nitrogens with zero attached hydrogens (tertiary/aromatic N) is 4. The second kappa shape index (κ2) is 6.62. The van der Waals surface area contributed by atoms with E-state index in [4.69, 9.17) is 0 Å². The molecule has 24 heavy (non-hydrogen) atoms. The van der Waals surface area contributed by atoms with Crippen LogP contribution in [0.4, 0.5) is 0 Å². The van der Waals surface area contributed by atoms with Gasteiger partial charge in [-0.05, 0) is 31.7 Å². The first-order chi connectivity index (χ1) is 11.5. The first-order valence-electron chi connectivity index (χ1n) is 8.37. The summed E-state index contributed by atoms with van der Waals surface area (Å²) < 4.78 is 2.95. The summed E-state index contributed by atoms with van der Waals surface area (Å²) in [7, 11) is 3.40. The van der Waals surface area contributed by atoms with Gasteiger partial charge >= 0.3 is 5.69 Å². The zero-order chi connectivity index (χ0) is 17.3. The quantitative estimate of drug-likeness (QED) is 0.860. The SMILES string of the molecule is Cc1cc(C(=O)N[C@@H]2CCCC[C@@H]2Cc2nn(C)c(=O)n2C)n[nH]1. The summed E-state index contributed by atoms with van der Waals surface area (Å²) in [6, 6.07) is 1.83. The van der Waals surface area contributed by atoms with Crippen molar-refractivity contribution in [3.8, 4) is 0 Å². The fourth-order valence-electron chi connectivity index (χ4n) is 3.44. The maximum absolute atomic E-state index is 12.4. The third kappa shape index (κ3) is 3.27. The molecule has 0 saturated heterocycles. The van der Waals surface area contributed by atoms with Gasteiger partial charge in [-0.2, -0.15) is 10.2 Å². The lowest BCUT2D eigenvalue weighted by Gasteiger charge is -2.31. The number of aryl methyl sites for hydroxylation is 2. The van der Waals surface area contributed by atoms with E-state index in [0.29, 0.717) is 12.1 Å². The van der Waals surface area contributed by atoms with Gasteiger partial charge in [-0.25, -0.2) is 9.48 Å². The number of H-pyrrole nitrogens is 1. The van der Waals surface area contributed by atoms with Crippen LogP contribution in [0.1, 0.15) is 47.7 Å². The molecule has 1 amide bonds. The zero-order valence-electron chi connectivity index (χ0n) is 14.4. The summed E-state index contributed by atoms with van der Waals surface area (Å²) in [6.07, 6.45) is 4.90. The predicted molar refractivity (Wildman–Crippen MR) is 88.7 cm³/mol. The number of rotatable bonds is 4. The van der Waals surface area contributed by atoms with Gasteiger partial charge in [0.05, 0.1) is 0 Å². The van der Waals surface area contributed by atoms with Crippen LogP contribution in [0.5, 0.6) is 0 Å². The summed E-state index contributed by atoms with van der Waals surface area (Å²) in [5, 5.41) is 14.2. The molecule has 0 bridgehead atoms. The molecule has 2 N–H and O–H groups in total. The fourth-order valence-corrected chi connectivity index (χ4v) is 3.44. The van der Waals surface area contributed by atoms with Crippen molar-refractivity contribution < 1.29 is 4.79 Å². The molecule has 130 valence electrons. The summed E-state index contributed by atoms with van der Waals surface area (Å²) in [6.45, 7) is 1.87. The van der Waals surface area contributed by atoms with Crippen molar-refractivity contribution in [3.63, 3.8) is 0 Å². The molecular weight excluding hydrogens is 308 g/mol. The van der Waals surface area contributed by atoms with Crippen LogP contribution in [0.3, 0.4) is 0 Å². The lowest BCUT2D eigenvalue weighted by molar-refractivity contribution is 0.0899. The Hall–Kier alpha value is -2.38. The number of carbonyl (C=O) groups excluding carboxylic acids is 1. The number of aromatic amines is 1. The van der Waals surface area contributed by atoms with Crippen LogP contribution in [-0.4, -0.2) is 36.5 Å². The molecule has 2 aromatic heterocycles. The van der Waals surface area contributed by atoms with E-state index in [0.717, 1.165) is 37.2 Å². The van der Waals surface area contributed by atoms with Gasteiger partial charge in [0.1, 0.15) is 11.5 Å². The highest BCUT2D eigenvalue weighted by atomic mass is 16.2. The number of amides is 1. The van der Waals surface area contributed by atoms with E-state index >= 15 is 0 Å². The smallest absolute Gasteiger partial charge is 0.345 e. The Morgan fingerprint density at radius 2 is 2.12 bits per heavy atom. The standard InChI is InChI=1S/C16H24N6O2/c1-10-8-13(19-18-10)15(23)17-12-7-5-4-6-11(12)9-14-20-22(3)16(24)21(14)2/h8,11-12H,4-7,9H2,1-3H3,(H,17,23)(H,18,19)/t11-,12-/m1/s1. The Morgan fingerprint density at radius 1 is 1.38 bits per heavy atom. The summed E-state index contributed by atoms with van der Waals surface area (Å²) in [5.41, 5.74) is 1.17. The van der Waals surface area contributed by atoms with E-state index in [9.17, 15) is 9.59 Å². The first-order valence-corrected chi connectivity index (χ1v) is 8.37. The number of hydrogen-bond donors (Lipinski definition) is 2. The normalized spacial score (nSPS) is 21.0. The molecule has 1 aliphatic carbocycles. The second-order valence-electron chi connectivity index (χ2n) is 6.65. The molecule has 0 aliphatic heterocycles. The topological polar surface area (TPSA) is 97.6 Å². The Labute approximate surface area is 140 Å². The van der Waals surface area contributed by atoms with Crippen LogP contribution >= 0.6 is 0 Å². The van der Waals surface area contributed by atoms with Gasteiger partial charge < -0.3 is 5.32 Å². The summed E-state index contributed by atoms with van der Waals surface area (Å²) >= 11 is 0. The Kier molecular flexibility index (Phi) is 4.55. The molecule has 3 rings (SSSR count). The molecule has 8 nitrogen and oxygen atoms in total. The first kappa shape index (κ1) is 16.5. The Morgan fingerprint density at radius 3 is 2.75 bits per heavy atom. The largest absolute Gasteiger partial charge is 0.348 e. The Bertz CT molecular complexity index is 787. The molecule has 8 heteroatoms. The van der Waals surface area contributed by atoms with Gasteiger partial charge in [0.25, 0.3) is 5.91 Å². The van der Waals surface area contributed by atoms with Crippen molar-refractivity contribution in [2.24, 2.45) is 20.0 Å². The average Bonchev–Trinajstić information content (AvgIpc) is 3.09. The Balaban J connectivity index is 1.72. The van der Waals surface area contributed by atoms with Crippen molar-refractivity contribution >= 4 is 5.91 Å². The fraction of sp³-hybridized carbons (Fsp3) is 0.625. The van der Waals surface area contributed by atoms with Crippen molar-refractivity contribution in [1.82, 2.24) is 29.9 Å². The minimum atomic E-state index is -0.147. The van der Waals surface area contributed by atoms with Crippen molar-refractivity contribution in [2.45, 2.75) is 45.1 Å². The van der Waals surface area contributed by atoms with Crippen LogP contribution in [0.2, 0.25) is 0 Å². The highest BCUT2D eigenvalue weighted by Gasteiger charge is 2.29. The van der Waals surface area contributed by atoms with E-state index < -0.39 is 0 Å². The summed E-state index contributed by atoms with van der Waals surface area (Å²) in [5.74, 6) is 0.902. The van der Waals surface area contributed by atoms with E-state index in [-0.39, 0.29) is 23.6 Å². The number of aromatic nitrogens is 5. The van der Waals surface area contributed by atoms with Crippen molar-refractivity contribution in [3.05, 3.63) is 33.8 Å². The van der Waals surface area contributed by atoms with Gasteiger partial charge in [-0.3, -0.25) is 14.5 Å². The third-order valence-corrected chi connectivity index (χ3v) is 4.83. The van der Waals surface area contributed by atoms with Gasteiger partial charge in [-0.15, -0.1) is 0 Å². The molecule has 0 radical (unpaired) electrons. The van der Waals surface area contributed by atoms with Crippen molar-refractivity contribution in [1.29, 1.82) is 0 Å². The van der Waals surface area contributed by atoms with Gasteiger partial charge in [0.15, 0.2) is 0 Å². The molecule has 2 aromatic rings. The van der Waals surface area contributed by atoms with Crippen LogP contribution in [0, 0.1) is 12.8 Å². The molecule has 1 fully saturated rings. The predicted octanol–water partition coefficient (Wildman–Crippen LogP) is 0.682. The number of hydrogen-bond acceptors (Lipinski definition) is 4. The van der Waals surface area contributed by atoms with Gasteiger partial charge in [0, 0.05) is 32.3 Å². The molecule has 2 heterocycles. The lowest BCUT2D eigenvalue weighted by Crippen LogP contribution is -2.43. The molecule has 1 aliphatic rings. The molecule has 0 aromatic carbocycles. The molecule has 2 atom stereocenters. The highest BCUT2D eigenvalue weighted by molar-refractivity contribution is 5.92. The van der Waals surface area contributed by atoms with Crippen LogP contribution in [0.15, 0.2) is 10.9 Å². The lowest BCUT2D eigenvalue weighted by atomic mass is 9.82. The second-order valence-corrected chi connectivity index (χ2v) is 6.65. The number of nitrogens with one attached hydrogen (secondary N) is 2. The number of carbonyl (C=O) groups is 1. The van der Waals surface area contributed by atoms with E-state index in [2.05, 4.69) is 20.6 Å². The molecular formula is C16H24N6O2. The van der Waals surface area contributed by atoms with E-state index in [1.54, 1.807) is 24.7 Å². The maximum Gasteiger partial charge on any atom is 0.345 e. The molecule has 0 spiro atoms. The average molecular weight is 332 g/mol. The highest BCUT2D eigenvalue weighted by Crippen LogP contribution is 2.27. The van der Waals surface area contributed by atoms with Gasteiger partial charge in [-0.1, -0.05) is 12.8 Å². The van der Waals surface area contributed by atoms with Crippen LogP contribution in [0.25, 0.3) is 0 Å². The molecule has 0 unspecified atom stereocenters. The van der Waals surface area contributed by atoms with Crippen LogP contribution in [-0.2, 0) is 20.5 Å². The van der Waals surface area contributed by atoms with Crippen molar-refractivity contribution in [2.75, 3.05) is 0 Å². The zero-order valence-corrected chi connectivity index (χ0v) is 14.4. The minimum absolute atomic E-state index is 0.0837. The third-order valence-electron chi connectivity index (χ3n) is 4.83. The maximum atomic E-state index is 12.4. The summed E-state index contributed by atoms with van der Waals surface area (Å²) in [4.78, 5) is 24.2. The monoisotopic (exact) mass is 332 g/mol. The molecule has 1 saturated carbocycles. The minimum Gasteiger partial charge on any atom is -0.348 e. The van der Waals surface area contributed by atoms with Gasteiger partial charge in [0.2, 0.25) is 0 Å². The van der Waals surface area contributed by atoms with Crippen LogP contribution < -0.4 is 11.0 Å². The van der Waals surface area contributed by atoms with E-state index in [1.165, 1.54) is 4.68 Å².